The molecule has 0 aromatic heterocycles. The van der Waals surface area contributed by atoms with Gasteiger partial charge < -0.3 is 10.4 Å². The van der Waals surface area contributed by atoms with Gasteiger partial charge in [-0.3, -0.25) is 4.79 Å². The quantitative estimate of drug-likeness (QED) is 0.643. The SMILES string of the molecule is CCc1ccc(C(C)CC(=O)N[C@@H](Cc2ccc(Br)cc2F)C(=O)O)cc1. The van der Waals surface area contributed by atoms with Crippen molar-refractivity contribution in [1.82, 2.24) is 5.32 Å². The highest BCUT2D eigenvalue weighted by atomic mass is 79.9. The summed E-state index contributed by atoms with van der Waals surface area (Å²) >= 11 is 3.16. The average Bonchev–Trinajstić information content (AvgIpc) is 2.63. The molecule has 1 amide bonds. The highest BCUT2D eigenvalue weighted by Crippen LogP contribution is 2.20. The van der Waals surface area contributed by atoms with E-state index in [0.29, 0.717) is 4.47 Å². The Labute approximate surface area is 166 Å². The molecule has 0 saturated heterocycles. The fourth-order valence-electron chi connectivity index (χ4n) is 2.84. The van der Waals surface area contributed by atoms with E-state index < -0.39 is 17.8 Å². The largest absolute Gasteiger partial charge is 0.480 e. The van der Waals surface area contributed by atoms with Crippen molar-refractivity contribution in [3.8, 4) is 0 Å². The molecule has 144 valence electrons. The van der Waals surface area contributed by atoms with Crippen LogP contribution in [0.25, 0.3) is 0 Å². The van der Waals surface area contributed by atoms with E-state index in [1.54, 1.807) is 6.07 Å². The van der Waals surface area contributed by atoms with Gasteiger partial charge in [-0.05, 0) is 41.2 Å². The maximum Gasteiger partial charge on any atom is 0.326 e. The van der Waals surface area contributed by atoms with E-state index in [-0.39, 0.29) is 30.2 Å². The number of hydrogen-bond acceptors (Lipinski definition) is 2. The van der Waals surface area contributed by atoms with Crippen molar-refractivity contribution in [2.24, 2.45) is 0 Å². The van der Waals surface area contributed by atoms with Gasteiger partial charge >= 0.3 is 5.97 Å². The maximum atomic E-state index is 14.0. The summed E-state index contributed by atoms with van der Waals surface area (Å²) in [6.45, 7) is 4.00. The summed E-state index contributed by atoms with van der Waals surface area (Å²) in [5.74, 6) is -2.11. The molecule has 2 N–H and O–H groups in total. The van der Waals surface area contributed by atoms with Crippen molar-refractivity contribution >= 4 is 27.8 Å². The van der Waals surface area contributed by atoms with E-state index in [1.165, 1.54) is 17.7 Å². The highest BCUT2D eigenvalue weighted by molar-refractivity contribution is 9.10. The number of hydrogen-bond donors (Lipinski definition) is 2. The van der Waals surface area contributed by atoms with Gasteiger partial charge in [0.2, 0.25) is 5.91 Å². The van der Waals surface area contributed by atoms with Crippen LogP contribution >= 0.6 is 15.9 Å². The van der Waals surface area contributed by atoms with Crippen LogP contribution in [0.3, 0.4) is 0 Å². The summed E-state index contributed by atoms with van der Waals surface area (Å²) in [5.41, 5.74) is 2.49. The number of benzene rings is 2. The fourth-order valence-corrected chi connectivity index (χ4v) is 3.17. The maximum absolute atomic E-state index is 14.0. The summed E-state index contributed by atoms with van der Waals surface area (Å²) in [6, 6.07) is 11.3. The van der Waals surface area contributed by atoms with Gasteiger partial charge in [-0.15, -0.1) is 0 Å². The minimum atomic E-state index is -1.19. The average molecular weight is 436 g/mol. The van der Waals surface area contributed by atoms with Crippen molar-refractivity contribution in [1.29, 1.82) is 0 Å². The van der Waals surface area contributed by atoms with Gasteiger partial charge in [-0.2, -0.15) is 0 Å². The lowest BCUT2D eigenvalue weighted by Gasteiger charge is -2.17. The van der Waals surface area contributed by atoms with Crippen LogP contribution in [0.15, 0.2) is 46.9 Å². The smallest absolute Gasteiger partial charge is 0.326 e. The standard InChI is InChI=1S/C21H23BrFNO3/c1-3-14-4-6-15(7-5-14)13(2)10-20(25)24-19(21(26)27)11-16-8-9-17(22)12-18(16)23/h4-9,12-13,19H,3,10-11H2,1-2H3,(H,24,25)(H,26,27)/t13?,19-/m0/s1. The molecule has 0 aliphatic carbocycles. The molecule has 2 aromatic rings. The zero-order valence-corrected chi connectivity index (χ0v) is 16.9. The normalized spacial score (nSPS) is 13.0. The first-order chi connectivity index (χ1) is 12.8. The topological polar surface area (TPSA) is 66.4 Å². The fraction of sp³-hybridized carbons (Fsp3) is 0.333. The summed E-state index contributed by atoms with van der Waals surface area (Å²) in [7, 11) is 0. The number of halogens is 2. The van der Waals surface area contributed by atoms with Gasteiger partial charge in [0.1, 0.15) is 11.9 Å². The van der Waals surface area contributed by atoms with Crippen LogP contribution in [0, 0.1) is 5.82 Å². The molecule has 2 rings (SSSR count). The minimum Gasteiger partial charge on any atom is -0.480 e. The number of carbonyl (C=O) groups excluding carboxylic acids is 1. The summed E-state index contributed by atoms with van der Waals surface area (Å²) in [6.07, 6.45) is 1.000. The monoisotopic (exact) mass is 435 g/mol. The molecule has 0 saturated carbocycles. The van der Waals surface area contributed by atoms with Crippen molar-refractivity contribution < 1.29 is 19.1 Å². The van der Waals surface area contributed by atoms with Crippen LogP contribution < -0.4 is 5.32 Å². The molecular formula is C21H23BrFNO3. The third kappa shape index (κ3) is 6.17. The van der Waals surface area contributed by atoms with Gasteiger partial charge in [0, 0.05) is 17.3 Å². The molecule has 1 unspecified atom stereocenters. The Morgan fingerprint density at radius 3 is 2.41 bits per heavy atom. The zero-order valence-electron chi connectivity index (χ0n) is 15.3. The second-order valence-corrected chi connectivity index (χ2v) is 7.51. The Morgan fingerprint density at radius 2 is 1.85 bits per heavy atom. The first kappa shape index (κ1) is 21.1. The van der Waals surface area contributed by atoms with Crippen LogP contribution in [0.2, 0.25) is 0 Å². The third-order valence-electron chi connectivity index (χ3n) is 4.52. The van der Waals surface area contributed by atoms with Crippen LogP contribution in [0.4, 0.5) is 4.39 Å². The molecule has 2 aromatic carbocycles. The van der Waals surface area contributed by atoms with Gasteiger partial charge in [-0.1, -0.05) is 60.1 Å². The van der Waals surface area contributed by atoms with E-state index >= 15 is 0 Å². The number of rotatable bonds is 8. The Bertz CT molecular complexity index is 808. The second-order valence-electron chi connectivity index (χ2n) is 6.60. The van der Waals surface area contributed by atoms with E-state index in [1.807, 2.05) is 31.2 Å². The summed E-state index contributed by atoms with van der Waals surface area (Å²) in [5, 5.41) is 11.9. The van der Waals surface area contributed by atoms with Crippen molar-refractivity contribution in [2.45, 2.75) is 45.1 Å². The van der Waals surface area contributed by atoms with Crippen molar-refractivity contribution in [3.63, 3.8) is 0 Å². The molecular weight excluding hydrogens is 413 g/mol. The highest BCUT2D eigenvalue weighted by Gasteiger charge is 2.23. The van der Waals surface area contributed by atoms with Crippen LogP contribution in [-0.2, 0) is 22.4 Å². The summed E-state index contributed by atoms with van der Waals surface area (Å²) < 4.78 is 14.5. The first-order valence-electron chi connectivity index (χ1n) is 8.85. The van der Waals surface area contributed by atoms with Gasteiger partial charge in [0.25, 0.3) is 0 Å². The lowest BCUT2D eigenvalue weighted by Crippen LogP contribution is -2.42. The number of amides is 1. The molecule has 0 aliphatic rings. The van der Waals surface area contributed by atoms with E-state index in [2.05, 4.69) is 28.2 Å². The molecule has 0 spiro atoms. The van der Waals surface area contributed by atoms with E-state index in [4.69, 9.17) is 0 Å². The predicted octanol–water partition coefficient (Wildman–Crippen LogP) is 4.46. The number of aliphatic carboxylic acids is 1. The van der Waals surface area contributed by atoms with Crippen LogP contribution in [0.1, 0.15) is 42.9 Å². The summed E-state index contributed by atoms with van der Waals surface area (Å²) in [4.78, 5) is 23.8. The molecule has 27 heavy (non-hydrogen) atoms. The lowest BCUT2D eigenvalue weighted by atomic mass is 9.95. The molecule has 0 aliphatic heterocycles. The minimum absolute atomic E-state index is 0.0465. The van der Waals surface area contributed by atoms with Gasteiger partial charge in [0.05, 0.1) is 0 Å². The first-order valence-corrected chi connectivity index (χ1v) is 9.64. The third-order valence-corrected chi connectivity index (χ3v) is 5.01. The predicted molar refractivity (Wildman–Crippen MR) is 106 cm³/mol. The number of nitrogens with one attached hydrogen (secondary N) is 1. The van der Waals surface area contributed by atoms with Crippen LogP contribution in [0.5, 0.6) is 0 Å². The molecule has 0 fully saturated rings. The Balaban J connectivity index is 2.00. The Morgan fingerprint density at radius 1 is 1.19 bits per heavy atom. The number of carbonyl (C=O) groups is 2. The zero-order chi connectivity index (χ0) is 20.0. The van der Waals surface area contributed by atoms with Gasteiger partial charge in [-0.25, -0.2) is 9.18 Å². The Hall–Kier alpha value is -2.21. The van der Waals surface area contributed by atoms with E-state index in [0.717, 1.165) is 12.0 Å². The number of aryl methyl sites for hydroxylation is 1. The van der Waals surface area contributed by atoms with Crippen molar-refractivity contribution in [3.05, 3.63) is 69.4 Å². The van der Waals surface area contributed by atoms with E-state index in [9.17, 15) is 19.1 Å². The lowest BCUT2D eigenvalue weighted by molar-refractivity contribution is -0.141. The van der Waals surface area contributed by atoms with Crippen molar-refractivity contribution in [2.75, 3.05) is 0 Å². The number of carboxylic acids is 1. The molecule has 4 nitrogen and oxygen atoms in total. The molecule has 2 atom stereocenters. The molecule has 0 bridgehead atoms. The second kappa shape index (κ2) is 9.65. The molecule has 0 heterocycles. The van der Waals surface area contributed by atoms with Gasteiger partial charge in [0.15, 0.2) is 0 Å². The molecule has 0 radical (unpaired) electrons. The molecule has 6 heteroatoms. The number of carboxylic acid groups (broad SMARTS) is 1. The van der Waals surface area contributed by atoms with Crippen LogP contribution in [-0.4, -0.2) is 23.0 Å². The Kier molecular flexibility index (Phi) is 7.54.